The van der Waals surface area contributed by atoms with Crippen LogP contribution >= 0.6 is 0 Å². The van der Waals surface area contributed by atoms with E-state index in [1.807, 2.05) is 48.5 Å². The average molecular weight is 446 g/mol. The number of hydrogen-bond donors (Lipinski definition) is 1. The van der Waals surface area contributed by atoms with Crippen LogP contribution in [0.15, 0.2) is 91.4 Å². The van der Waals surface area contributed by atoms with Crippen LogP contribution in [0.2, 0.25) is 0 Å². The largest absolute Gasteiger partial charge is 0.339 e. The zero-order valence-corrected chi connectivity index (χ0v) is 17.9. The second-order valence-corrected chi connectivity index (χ2v) is 7.94. The summed E-state index contributed by atoms with van der Waals surface area (Å²) >= 11 is 0. The molecule has 8 nitrogen and oxygen atoms in total. The van der Waals surface area contributed by atoms with E-state index < -0.39 is 0 Å². The first kappa shape index (κ1) is 19.8. The first-order valence-corrected chi connectivity index (χ1v) is 10.7. The van der Waals surface area contributed by atoms with E-state index >= 15 is 0 Å². The second kappa shape index (κ2) is 7.93. The molecule has 34 heavy (non-hydrogen) atoms. The van der Waals surface area contributed by atoms with Crippen LogP contribution in [0.25, 0.3) is 16.9 Å². The highest BCUT2D eigenvalue weighted by molar-refractivity contribution is 6.21. The maximum atomic E-state index is 12.7. The Morgan fingerprint density at radius 3 is 2.35 bits per heavy atom. The Morgan fingerprint density at radius 1 is 0.824 bits per heavy atom. The van der Waals surface area contributed by atoms with Crippen molar-refractivity contribution < 1.29 is 9.59 Å². The van der Waals surface area contributed by atoms with E-state index in [0.717, 1.165) is 28.2 Å². The zero-order chi connectivity index (χ0) is 23.1. The lowest BCUT2D eigenvalue weighted by atomic mass is 10.1. The molecule has 1 aliphatic heterocycles. The van der Waals surface area contributed by atoms with Gasteiger partial charge in [-0.05, 0) is 54.1 Å². The Bertz CT molecular complexity index is 1530. The number of rotatable bonds is 5. The summed E-state index contributed by atoms with van der Waals surface area (Å²) in [6.07, 6.45) is 5.25. The summed E-state index contributed by atoms with van der Waals surface area (Å²) in [6.45, 7) is 0.196. The van der Waals surface area contributed by atoms with Crippen LogP contribution in [0.1, 0.15) is 26.3 Å². The molecule has 164 valence electrons. The van der Waals surface area contributed by atoms with Crippen molar-refractivity contribution in [1.82, 2.24) is 24.5 Å². The van der Waals surface area contributed by atoms with Crippen molar-refractivity contribution in [2.75, 3.05) is 5.32 Å². The summed E-state index contributed by atoms with van der Waals surface area (Å²) < 4.78 is 1.78. The highest BCUT2D eigenvalue weighted by atomic mass is 16.2. The van der Waals surface area contributed by atoms with Gasteiger partial charge >= 0.3 is 0 Å². The number of amides is 2. The van der Waals surface area contributed by atoms with Crippen molar-refractivity contribution in [3.63, 3.8) is 0 Å². The third-order valence-electron chi connectivity index (χ3n) is 5.76. The molecule has 2 aromatic carbocycles. The van der Waals surface area contributed by atoms with Crippen LogP contribution in [-0.4, -0.2) is 36.3 Å². The zero-order valence-electron chi connectivity index (χ0n) is 17.9. The van der Waals surface area contributed by atoms with Crippen LogP contribution in [-0.2, 0) is 6.54 Å². The van der Waals surface area contributed by atoms with Gasteiger partial charge in [-0.25, -0.2) is 9.50 Å². The lowest BCUT2D eigenvalue weighted by molar-refractivity contribution is 0.0642. The van der Waals surface area contributed by atoms with Gasteiger partial charge in [0.25, 0.3) is 11.8 Å². The molecule has 8 heteroatoms. The van der Waals surface area contributed by atoms with Gasteiger partial charge in [0.15, 0.2) is 11.5 Å². The molecule has 2 amide bonds. The van der Waals surface area contributed by atoms with Gasteiger partial charge < -0.3 is 5.32 Å². The predicted molar refractivity (Wildman–Crippen MR) is 127 cm³/mol. The summed E-state index contributed by atoms with van der Waals surface area (Å²) in [4.78, 5) is 35.2. The van der Waals surface area contributed by atoms with Crippen molar-refractivity contribution in [3.8, 4) is 11.3 Å². The molecule has 0 radical (unpaired) electrons. The Labute approximate surface area is 194 Å². The number of aromatic nitrogens is 4. The third kappa shape index (κ3) is 3.38. The van der Waals surface area contributed by atoms with Crippen molar-refractivity contribution in [3.05, 3.63) is 108 Å². The molecule has 4 heterocycles. The van der Waals surface area contributed by atoms with Crippen LogP contribution in [0.4, 0.5) is 11.5 Å². The number of carbonyl (C=O) groups is 2. The van der Waals surface area contributed by atoms with Gasteiger partial charge in [0.05, 0.1) is 29.6 Å². The number of nitrogens with one attached hydrogen (secondary N) is 1. The minimum Gasteiger partial charge on any atom is -0.339 e. The Balaban J connectivity index is 1.25. The second-order valence-electron chi connectivity index (χ2n) is 7.94. The smallest absolute Gasteiger partial charge is 0.261 e. The normalized spacial score (nSPS) is 12.9. The highest BCUT2D eigenvalue weighted by Crippen LogP contribution is 2.26. The van der Waals surface area contributed by atoms with Crippen molar-refractivity contribution >= 4 is 29.0 Å². The van der Waals surface area contributed by atoms with E-state index in [0.29, 0.717) is 16.9 Å². The molecule has 0 spiro atoms. The molecule has 0 saturated carbocycles. The van der Waals surface area contributed by atoms with Crippen LogP contribution < -0.4 is 5.32 Å². The van der Waals surface area contributed by atoms with Gasteiger partial charge in [0, 0.05) is 23.6 Å². The van der Waals surface area contributed by atoms with Crippen molar-refractivity contribution in [2.45, 2.75) is 6.54 Å². The molecule has 0 fully saturated rings. The molecule has 1 aliphatic rings. The van der Waals surface area contributed by atoms with Crippen molar-refractivity contribution in [1.29, 1.82) is 0 Å². The van der Waals surface area contributed by atoms with E-state index in [-0.39, 0.29) is 18.4 Å². The first-order valence-electron chi connectivity index (χ1n) is 10.7. The van der Waals surface area contributed by atoms with E-state index in [9.17, 15) is 9.59 Å². The molecule has 0 aliphatic carbocycles. The van der Waals surface area contributed by atoms with E-state index in [1.165, 1.54) is 4.90 Å². The standard InChI is InChI=1S/C26H18N6O2/c33-25-20-6-1-2-7-21(20)26(34)31(25)16-17-4-3-5-19(14-17)29-23-8-9-24-28-15-22(32(24)30-23)18-10-12-27-13-11-18/h1-15H,16H2,(H,29,30). The summed E-state index contributed by atoms with van der Waals surface area (Å²) in [5.74, 6) is 0.100. The molecule has 3 aromatic heterocycles. The van der Waals surface area contributed by atoms with Crippen LogP contribution in [0, 0.1) is 0 Å². The Kier molecular flexibility index (Phi) is 4.62. The number of fused-ring (bicyclic) bond motifs is 2. The van der Waals surface area contributed by atoms with E-state index in [1.54, 1.807) is 47.4 Å². The predicted octanol–water partition coefficient (Wildman–Crippen LogP) is 4.33. The minimum absolute atomic E-state index is 0.196. The maximum absolute atomic E-state index is 12.7. The summed E-state index contributed by atoms with van der Waals surface area (Å²) in [6, 6.07) is 22.1. The molecule has 0 atom stereocenters. The van der Waals surface area contributed by atoms with Gasteiger partial charge in [-0.15, -0.1) is 5.10 Å². The molecule has 0 bridgehead atoms. The van der Waals surface area contributed by atoms with Crippen LogP contribution in [0.3, 0.4) is 0 Å². The van der Waals surface area contributed by atoms with Crippen LogP contribution in [0.5, 0.6) is 0 Å². The number of pyridine rings is 1. The quantitative estimate of drug-likeness (QED) is 0.404. The topological polar surface area (TPSA) is 92.5 Å². The average Bonchev–Trinajstić information content (AvgIpc) is 3.40. The Hall–Kier alpha value is -4.85. The Morgan fingerprint density at radius 2 is 1.59 bits per heavy atom. The van der Waals surface area contributed by atoms with Gasteiger partial charge in [-0.3, -0.25) is 19.5 Å². The molecule has 0 unspecified atom stereocenters. The van der Waals surface area contributed by atoms with Gasteiger partial charge in [0.2, 0.25) is 0 Å². The lowest BCUT2D eigenvalue weighted by Crippen LogP contribution is -2.29. The number of imide groups is 1. The first-order chi connectivity index (χ1) is 16.7. The van der Waals surface area contributed by atoms with Gasteiger partial charge in [-0.1, -0.05) is 24.3 Å². The van der Waals surface area contributed by atoms with Crippen molar-refractivity contribution in [2.24, 2.45) is 0 Å². The van der Waals surface area contributed by atoms with Gasteiger partial charge in [-0.2, -0.15) is 0 Å². The number of hydrogen-bond acceptors (Lipinski definition) is 6. The summed E-state index contributed by atoms with van der Waals surface area (Å²) in [7, 11) is 0. The number of imidazole rings is 1. The number of nitrogens with zero attached hydrogens (tertiary/aromatic N) is 5. The molecular weight excluding hydrogens is 428 g/mol. The number of carbonyl (C=O) groups excluding carboxylic acids is 2. The summed E-state index contributed by atoms with van der Waals surface area (Å²) in [5.41, 5.74) is 5.09. The monoisotopic (exact) mass is 446 g/mol. The number of anilines is 2. The third-order valence-corrected chi connectivity index (χ3v) is 5.76. The van der Waals surface area contributed by atoms with Gasteiger partial charge in [0.1, 0.15) is 0 Å². The molecule has 5 aromatic rings. The lowest BCUT2D eigenvalue weighted by Gasteiger charge is -2.15. The molecule has 1 N–H and O–H groups in total. The highest BCUT2D eigenvalue weighted by Gasteiger charge is 2.34. The fourth-order valence-corrected chi connectivity index (χ4v) is 4.12. The van der Waals surface area contributed by atoms with E-state index in [4.69, 9.17) is 5.10 Å². The molecule has 6 rings (SSSR count). The SMILES string of the molecule is O=C1c2ccccc2C(=O)N1Cc1cccc(Nc2ccc3ncc(-c4ccncc4)n3n2)c1. The fraction of sp³-hybridized carbons (Fsp3) is 0.0385. The summed E-state index contributed by atoms with van der Waals surface area (Å²) in [5, 5.41) is 8.00. The number of benzene rings is 2. The molecular formula is C26H18N6O2. The maximum Gasteiger partial charge on any atom is 0.261 e. The molecule has 0 saturated heterocycles. The minimum atomic E-state index is -0.269. The fourth-order valence-electron chi connectivity index (χ4n) is 4.12. The van der Waals surface area contributed by atoms with E-state index in [2.05, 4.69) is 15.3 Å².